The van der Waals surface area contributed by atoms with Crippen LogP contribution in [-0.2, 0) is 18.4 Å². The lowest BCUT2D eigenvalue weighted by Crippen LogP contribution is -1.92. The van der Waals surface area contributed by atoms with Crippen molar-refractivity contribution in [1.29, 1.82) is 0 Å². The van der Waals surface area contributed by atoms with Crippen molar-refractivity contribution >= 4 is 0 Å². The highest BCUT2D eigenvalue weighted by Crippen LogP contribution is 1.92. The van der Waals surface area contributed by atoms with Gasteiger partial charge >= 0.3 is 0 Å². The van der Waals surface area contributed by atoms with E-state index >= 15 is 0 Å². The number of rotatable bonds is 2. The van der Waals surface area contributed by atoms with E-state index in [-0.39, 0.29) is 0 Å². The van der Waals surface area contributed by atoms with E-state index in [1.165, 1.54) is 0 Å². The molecule has 1 rings (SSSR count). The summed E-state index contributed by atoms with van der Waals surface area (Å²) in [4.78, 5) is 0. The molecule has 1 aromatic heterocycles. The summed E-state index contributed by atoms with van der Waals surface area (Å²) in [6, 6.07) is 2.93. The van der Waals surface area contributed by atoms with Gasteiger partial charge < -0.3 is 4.74 Å². The fourth-order valence-corrected chi connectivity index (χ4v) is 0.623. The Morgan fingerprint density at radius 2 is 2.67 bits per heavy atom. The normalized spacial score (nSPS) is 10.0. The molecular formula is C6H9N2O. The third kappa shape index (κ3) is 1.54. The minimum atomic E-state index is 0.542. The maximum absolute atomic E-state index is 4.83. The van der Waals surface area contributed by atoms with Crippen LogP contribution in [0.5, 0.6) is 0 Å². The average molecular weight is 125 g/mol. The van der Waals surface area contributed by atoms with Crippen molar-refractivity contribution in [3.05, 3.63) is 18.0 Å². The van der Waals surface area contributed by atoms with Gasteiger partial charge in [0.2, 0.25) is 0 Å². The van der Waals surface area contributed by atoms with Crippen LogP contribution in [0.15, 0.2) is 6.20 Å². The van der Waals surface area contributed by atoms with E-state index in [2.05, 4.69) is 11.2 Å². The van der Waals surface area contributed by atoms with E-state index in [4.69, 9.17) is 4.74 Å². The third-order valence-electron chi connectivity index (χ3n) is 0.977. The minimum absolute atomic E-state index is 0.542. The molecule has 0 bridgehead atoms. The molecule has 1 aromatic rings. The van der Waals surface area contributed by atoms with E-state index in [1.807, 2.05) is 7.05 Å². The molecule has 0 atom stereocenters. The molecule has 0 amide bonds. The Morgan fingerprint density at radius 1 is 1.89 bits per heavy atom. The van der Waals surface area contributed by atoms with Crippen molar-refractivity contribution in [2.45, 2.75) is 6.61 Å². The molecule has 0 N–H and O–H groups in total. The molecule has 0 aromatic carbocycles. The van der Waals surface area contributed by atoms with Crippen molar-refractivity contribution in [2.24, 2.45) is 7.05 Å². The highest BCUT2D eigenvalue weighted by molar-refractivity contribution is 4.93. The van der Waals surface area contributed by atoms with E-state index in [0.717, 1.165) is 5.69 Å². The van der Waals surface area contributed by atoms with E-state index < -0.39 is 0 Å². The molecule has 0 saturated heterocycles. The Morgan fingerprint density at radius 3 is 3.11 bits per heavy atom. The van der Waals surface area contributed by atoms with Gasteiger partial charge in [-0.05, 0) is 0 Å². The molecule has 3 nitrogen and oxygen atoms in total. The van der Waals surface area contributed by atoms with E-state index in [9.17, 15) is 0 Å². The van der Waals surface area contributed by atoms with Crippen LogP contribution in [0.3, 0.4) is 0 Å². The van der Waals surface area contributed by atoms with Crippen LogP contribution in [0.1, 0.15) is 5.69 Å². The van der Waals surface area contributed by atoms with Crippen molar-refractivity contribution in [2.75, 3.05) is 7.11 Å². The van der Waals surface area contributed by atoms with Gasteiger partial charge in [0, 0.05) is 26.4 Å². The lowest BCUT2D eigenvalue weighted by atomic mass is 10.5. The van der Waals surface area contributed by atoms with Gasteiger partial charge in [0.05, 0.1) is 12.3 Å². The molecule has 1 radical (unpaired) electrons. The molecule has 0 aliphatic heterocycles. The maximum Gasteiger partial charge on any atom is 0.0960 e. The number of aromatic nitrogens is 2. The van der Waals surface area contributed by atoms with Gasteiger partial charge in [-0.15, -0.1) is 0 Å². The number of hydrogen-bond donors (Lipinski definition) is 0. The van der Waals surface area contributed by atoms with Gasteiger partial charge in [-0.2, -0.15) is 5.10 Å². The molecular weight excluding hydrogens is 116 g/mol. The molecule has 3 heteroatoms. The average Bonchev–Trinajstić information content (AvgIpc) is 2.17. The van der Waals surface area contributed by atoms with Gasteiger partial charge in [0.1, 0.15) is 0 Å². The number of methoxy groups -OCH3 is 1. The molecule has 1 heterocycles. The van der Waals surface area contributed by atoms with Gasteiger partial charge in [-0.25, -0.2) is 0 Å². The third-order valence-corrected chi connectivity index (χ3v) is 0.977. The summed E-state index contributed by atoms with van der Waals surface area (Å²) in [5.74, 6) is 0. The quantitative estimate of drug-likeness (QED) is 0.571. The summed E-state index contributed by atoms with van der Waals surface area (Å²) < 4.78 is 6.54. The standard InChI is InChI=1S/C6H9N2O/c1-8-4-3-6(7-8)5-9-2/h4H,5H2,1-2H3. The number of aryl methyl sites for hydroxylation is 1. The van der Waals surface area contributed by atoms with Crippen LogP contribution in [-0.4, -0.2) is 16.9 Å². The molecule has 0 fully saturated rings. The van der Waals surface area contributed by atoms with E-state index in [0.29, 0.717) is 6.61 Å². The first-order valence-electron chi connectivity index (χ1n) is 2.72. The summed E-state index contributed by atoms with van der Waals surface area (Å²) >= 11 is 0. The van der Waals surface area contributed by atoms with Crippen molar-refractivity contribution in [3.8, 4) is 0 Å². The fraction of sp³-hybridized carbons (Fsp3) is 0.500. The van der Waals surface area contributed by atoms with Gasteiger partial charge in [-0.3, -0.25) is 4.68 Å². The SMILES string of the molecule is COCc1[c]cn(C)n1. The van der Waals surface area contributed by atoms with Crippen LogP contribution in [0, 0.1) is 6.07 Å². The lowest BCUT2D eigenvalue weighted by molar-refractivity contribution is 0.180. The predicted octanol–water partition coefficient (Wildman–Crippen LogP) is 0.367. The summed E-state index contributed by atoms with van der Waals surface area (Å²) in [6.07, 6.45) is 1.77. The van der Waals surface area contributed by atoms with Gasteiger partial charge in [0.15, 0.2) is 0 Å². The van der Waals surface area contributed by atoms with Crippen LogP contribution < -0.4 is 0 Å². The largest absolute Gasteiger partial charge is 0.378 e. The topological polar surface area (TPSA) is 27.1 Å². The molecule has 0 aliphatic rings. The van der Waals surface area contributed by atoms with E-state index in [1.54, 1.807) is 18.0 Å². The zero-order valence-corrected chi connectivity index (χ0v) is 5.59. The Hall–Kier alpha value is -0.830. The zero-order valence-electron chi connectivity index (χ0n) is 5.59. The summed E-state index contributed by atoms with van der Waals surface area (Å²) in [7, 11) is 3.50. The second-order valence-corrected chi connectivity index (χ2v) is 1.83. The van der Waals surface area contributed by atoms with Crippen LogP contribution in [0.4, 0.5) is 0 Å². The molecule has 9 heavy (non-hydrogen) atoms. The lowest BCUT2D eigenvalue weighted by Gasteiger charge is -1.89. The minimum Gasteiger partial charge on any atom is -0.378 e. The van der Waals surface area contributed by atoms with Crippen LogP contribution in [0.25, 0.3) is 0 Å². The first kappa shape index (κ1) is 6.29. The van der Waals surface area contributed by atoms with Crippen molar-refractivity contribution < 1.29 is 4.74 Å². The fourth-order valence-electron chi connectivity index (χ4n) is 0.623. The molecule has 49 valence electrons. The van der Waals surface area contributed by atoms with Crippen LogP contribution in [0.2, 0.25) is 0 Å². The smallest absolute Gasteiger partial charge is 0.0960 e. The number of nitrogens with zero attached hydrogens (tertiary/aromatic N) is 2. The zero-order chi connectivity index (χ0) is 6.69. The van der Waals surface area contributed by atoms with Crippen LogP contribution >= 0.6 is 0 Å². The summed E-state index contributed by atoms with van der Waals surface area (Å²) in [6.45, 7) is 0.542. The first-order chi connectivity index (χ1) is 4.33. The monoisotopic (exact) mass is 125 g/mol. The predicted molar refractivity (Wildman–Crippen MR) is 32.8 cm³/mol. The first-order valence-corrected chi connectivity index (χ1v) is 2.72. The summed E-state index contributed by atoms with van der Waals surface area (Å²) in [5.41, 5.74) is 0.847. The van der Waals surface area contributed by atoms with Gasteiger partial charge in [-0.1, -0.05) is 0 Å². The number of ether oxygens (including phenoxy) is 1. The Kier molecular flexibility index (Phi) is 1.85. The second kappa shape index (κ2) is 2.64. The highest BCUT2D eigenvalue weighted by Gasteiger charge is 1.92. The molecule has 0 aliphatic carbocycles. The second-order valence-electron chi connectivity index (χ2n) is 1.83. The molecule has 0 spiro atoms. The Balaban J connectivity index is 2.61. The maximum atomic E-state index is 4.83. The summed E-state index contributed by atoms with van der Waals surface area (Å²) in [5, 5.41) is 4.04. The van der Waals surface area contributed by atoms with Crippen molar-refractivity contribution in [3.63, 3.8) is 0 Å². The van der Waals surface area contributed by atoms with Crippen molar-refractivity contribution in [1.82, 2.24) is 9.78 Å². The Bertz CT molecular complexity index is 183. The van der Waals surface area contributed by atoms with Gasteiger partial charge in [0.25, 0.3) is 0 Å². The highest BCUT2D eigenvalue weighted by atomic mass is 16.5. The molecule has 0 unspecified atom stereocenters. The Labute approximate surface area is 54.2 Å². The molecule has 0 saturated carbocycles. The number of hydrogen-bond acceptors (Lipinski definition) is 2.